The molecule has 2 rings (SSSR count). The number of alkyl halides is 3. The topological polar surface area (TPSA) is 97.1 Å². The lowest BCUT2D eigenvalue weighted by atomic mass is 10.2. The molecule has 0 saturated heterocycles. The van der Waals surface area contributed by atoms with E-state index in [4.69, 9.17) is 5.11 Å². The van der Waals surface area contributed by atoms with Gasteiger partial charge in [0.25, 0.3) is 0 Å². The van der Waals surface area contributed by atoms with E-state index in [1.807, 2.05) is 0 Å². The fourth-order valence-corrected chi connectivity index (χ4v) is 1.84. The molecule has 0 bridgehead atoms. The van der Waals surface area contributed by atoms with Crippen molar-refractivity contribution in [2.24, 2.45) is 0 Å². The fourth-order valence-electron chi connectivity index (χ4n) is 1.84. The van der Waals surface area contributed by atoms with Crippen LogP contribution in [0, 0.1) is 6.92 Å². The number of aromatic nitrogens is 3. The van der Waals surface area contributed by atoms with Crippen LogP contribution in [0.3, 0.4) is 0 Å². The molecule has 116 valence electrons. The zero-order valence-electron chi connectivity index (χ0n) is 11.0. The zero-order valence-corrected chi connectivity index (χ0v) is 11.0. The highest BCUT2D eigenvalue weighted by atomic mass is 19.4. The van der Waals surface area contributed by atoms with Crippen LogP contribution in [0.4, 0.5) is 19.0 Å². The van der Waals surface area contributed by atoms with Gasteiger partial charge < -0.3 is 10.4 Å². The molecule has 0 spiro atoms. The van der Waals surface area contributed by atoms with Crippen LogP contribution in [0.5, 0.6) is 0 Å². The molecule has 0 radical (unpaired) electrons. The smallest absolute Gasteiger partial charge is 0.434 e. The molecule has 0 aliphatic rings. The van der Waals surface area contributed by atoms with E-state index in [2.05, 4.69) is 15.4 Å². The molecule has 10 heteroatoms. The van der Waals surface area contributed by atoms with E-state index >= 15 is 0 Å². The zero-order chi connectivity index (χ0) is 16.5. The maximum atomic E-state index is 13.2. The Labute approximate surface area is 121 Å². The van der Waals surface area contributed by atoms with E-state index in [-0.39, 0.29) is 11.5 Å². The Hall–Kier alpha value is -2.91. The van der Waals surface area contributed by atoms with Gasteiger partial charge in [0, 0.05) is 12.3 Å². The largest absolute Gasteiger partial charge is 0.478 e. The maximum absolute atomic E-state index is 13.2. The number of carbonyl (C=O) groups is 2. The van der Waals surface area contributed by atoms with Crippen LogP contribution in [-0.2, 0) is 11.0 Å². The summed E-state index contributed by atoms with van der Waals surface area (Å²) in [6, 6.07) is 1.16. The first-order valence-corrected chi connectivity index (χ1v) is 5.81. The third kappa shape index (κ3) is 2.75. The van der Waals surface area contributed by atoms with E-state index < -0.39 is 23.4 Å². The number of aryl methyl sites for hydroxylation is 1. The van der Waals surface area contributed by atoms with E-state index in [1.54, 1.807) is 0 Å². The van der Waals surface area contributed by atoms with Crippen LogP contribution < -0.4 is 5.32 Å². The highest BCUT2D eigenvalue weighted by Gasteiger charge is 2.40. The molecule has 0 aliphatic carbocycles. The number of rotatable bonds is 4. The van der Waals surface area contributed by atoms with Crippen molar-refractivity contribution in [2.45, 2.75) is 13.1 Å². The summed E-state index contributed by atoms with van der Waals surface area (Å²) < 4.78 is 39.9. The van der Waals surface area contributed by atoms with Gasteiger partial charge in [-0.3, -0.25) is 4.79 Å². The Morgan fingerprint density at radius 1 is 1.41 bits per heavy atom. The van der Waals surface area contributed by atoms with E-state index in [0.717, 1.165) is 6.07 Å². The van der Waals surface area contributed by atoms with Crippen LogP contribution in [-0.4, -0.2) is 32.3 Å². The molecule has 0 atom stereocenters. The van der Waals surface area contributed by atoms with Crippen LogP contribution >= 0.6 is 0 Å². The number of hydrogen-bond donors (Lipinski definition) is 2. The summed E-state index contributed by atoms with van der Waals surface area (Å²) in [5, 5.41) is 14.6. The number of halogens is 3. The molecule has 2 N–H and O–H groups in total. The number of anilines is 1. The highest BCUT2D eigenvalue weighted by Crippen LogP contribution is 2.34. The SMILES string of the molecule is Cc1cnc(NC=O)cc1-n1ncc(C(=O)O)c1C(F)(F)F. The summed E-state index contributed by atoms with van der Waals surface area (Å²) in [4.78, 5) is 25.1. The number of carbonyl (C=O) groups excluding carboxylic acids is 1. The monoisotopic (exact) mass is 314 g/mol. The van der Waals surface area contributed by atoms with Crippen molar-refractivity contribution in [1.29, 1.82) is 0 Å². The summed E-state index contributed by atoms with van der Waals surface area (Å²) >= 11 is 0. The number of nitrogens with one attached hydrogen (secondary N) is 1. The number of hydrogen-bond acceptors (Lipinski definition) is 4. The van der Waals surface area contributed by atoms with Crippen molar-refractivity contribution in [2.75, 3.05) is 5.32 Å². The van der Waals surface area contributed by atoms with Crippen LogP contribution in [0.1, 0.15) is 21.6 Å². The second-order valence-corrected chi connectivity index (χ2v) is 4.24. The van der Waals surface area contributed by atoms with Gasteiger partial charge >= 0.3 is 12.1 Å². The average molecular weight is 314 g/mol. The average Bonchev–Trinajstić information content (AvgIpc) is 2.86. The lowest BCUT2D eigenvalue weighted by molar-refractivity contribution is -0.143. The second-order valence-electron chi connectivity index (χ2n) is 4.24. The van der Waals surface area contributed by atoms with Crippen molar-refractivity contribution in [3.8, 4) is 5.69 Å². The van der Waals surface area contributed by atoms with Gasteiger partial charge in [-0.25, -0.2) is 14.5 Å². The predicted molar refractivity (Wildman–Crippen MR) is 67.7 cm³/mol. The standard InChI is InChI=1S/C12H9F3N4O3/c1-6-3-16-9(17-5-20)2-8(6)19-10(12(13,14)15)7(4-18-19)11(21)22/h2-5H,1H3,(H,21,22)(H,16,17,20). The minimum absolute atomic E-state index is 0.0103. The third-order valence-corrected chi connectivity index (χ3v) is 2.78. The molecule has 22 heavy (non-hydrogen) atoms. The van der Waals surface area contributed by atoms with Gasteiger partial charge in [-0.15, -0.1) is 0 Å². The summed E-state index contributed by atoms with van der Waals surface area (Å²) in [7, 11) is 0. The summed E-state index contributed by atoms with van der Waals surface area (Å²) in [6.07, 6.45) is -2.74. The van der Waals surface area contributed by atoms with Crippen LogP contribution in [0.2, 0.25) is 0 Å². The Kier molecular flexibility index (Phi) is 3.85. The molecule has 2 heterocycles. The minimum Gasteiger partial charge on any atom is -0.478 e. The number of aromatic carboxylic acids is 1. The van der Waals surface area contributed by atoms with Gasteiger partial charge in [0.05, 0.1) is 11.9 Å². The van der Waals surface area contributed by atoms with Gasteiger partial charge in [-0.05, 0) is 12.5 Å². The van der Waals surface area contributed by atoms with Crippen molar-refractivity contribution in [1.82, 2.24) is 14.8 Å². The van der Waals surface area contributed by atoms with Crippen molar-refractivity contribution in [3.63, 3.8) is 0 Å². The van der Waals surface area contributed by atoms with Crippen LogP contribution in [0.25, 0.3) is 5.69 Å². The Bertz CT molecular complexity index is 740. The van der Waals surface area contributed by atoms with E-state index in [1.165, 1.54) is 13.1 Å². The normalized spacial score (nSPS) is 11.3. The van der Waals surface area contributed by atoms with E-state index in [9.17, 15) is 22.8 Å². The van der Waals surface area contributed by atoms with Gasteiger partial charge in [0.15, 0.2) is 5.69 Å². The molecule has 0 fully saturated rings. The minimum atomic E-state index is -4.92. The molecule has 7 nitrogen and oxygen atoms in total. The molecule has 0 aliphatic heterocycles. The molecule has 2 aromatic heterocycles. The Balaban J connectivity index is 2.70. The summed E-state index contributed by atoms with van der Waals surface area (Å²) in [5.41, 5.74) is -2.10. The van der Waals surface area contributed by atoms with Gasteiger partial charge in [-0.2, -0.15) is 18.3 Å². The fraction of sp³-hybridized carbons (Fsp3) is 0.167. The van der Waals surface area contributed by atoms with Crippen molar-refractivity contribution >= 4 is 18.2 Å². The maximum Gasteiger partial charge on any atom is 0.434 e. The van der Waals surface area contributed by atoms with Crippen LogP contribution in [0.15, 0.2) is 18.5 Å². The first-order chi connectivity index (χ1) is 10.3. The van der Waals surface area contributed by atoms with Crippen molar-refractivity contribution < 1.29 is 27.9 Å². The second kappa shape index (κ2) is 5.47. The molecule has 0 unspecified atom stereocenters. The number of amides is 1. The number of pyridine rings is 1. The number of carboxylic acids is 1. The van der Waals surface area contributed by atoms with Gasteiger partial charge in [0.2, 0.25) is 6.41 Å². The lowest BCUT2D eigenvalue weighted by Gasteiger charge is -2.14. The molecular formula is C12H9F3N4O3. The lowest BCUT2D eigenvalue weighted by Crippen LogP contribution is -2.18. The molecular weight excluding hydrogens is 305 g/mol. The Morgan fingerprint density at radius 2 is 2.09 bits per heavy atom. The summed E-state index contributed by atoms with van der Waals surface area (Å²) in [5.74, 6) is -1.73. The predicted octanol–water partition coefficient (Wildman–Crippen LogP) is 1.86. The number of carboxylic acid groups (broad SMARTS) is 1. The third-order valence-electron chi connectivity index (χ3n) is 2.78. The first kappa shape index (κ1) is 15.5. The molecule has 2 aromatic rings. The molecule has 0 saturated carbocycles. The number of nitrogens with zero attached hydrogens (tertiary/aromatic N) is 3. The van der Waals surface area contributed by atoms with Gasteiger partial charge in [0.1, 0.15) is 11.4 Å². The molecule has 0 aromatic carbocycles. The first-order valence-electron chi connectivity index (χ1n) is 5.81. The Morgan fingerprint density at radius 3 is 2.64 bits per heavy atom. The van der Waals surface area contributed by atoms with E-state index in [0.29, 0.717) is 22.9 Å². The quantitative estimate of drug-likeness (QED) is 0.840. The van der Waals surface area contributed by atoms with Gasteiger partial charge in [-0.1, -0.05) is 0 Å². The highest BCUT2D eigenvalue weighted by molar-refractivity contribution is 5.89. The van der Waals surface area contributed by atoms with Crippen molar-refractivity contribution in [3.05, 3.63) is 35.3 Å². The molecule has 1 amide bonds. The summed E-state index contributed by atoms with van der Waals surface area (Å²) in [6.45, 7) is 1.48.